The molecule has 0 aromatic heterocycles. The Bertz CT molecular complexity index is 779. The third kappa shape index (κ3) is 6.14. The quantitative estimate of drug-likeness (QED) is 0.694. The number of aliphatic hydroxyl groups is 1. The summed E-state index contributed by atoms with van der Waals surface area (Å²) in [5, 5.41) is 15.4. The second kappa shape index (κ2) is 9.23. The number of halogens is 2. The van der Waals surface area contributed by atoms with Gasteiger partial charge in [-0.1, -0.05) is 30.3 Å². The summed E-state index contributed by atoms with van der Waals surface area (Å²) in [6, 6.07) is 10.3. The van der Waals surface area contributed by atoms with Crippen LogP contribution in [0, 0.1) is 11.6 Å². The number of carbonyl (C=O) groups excluding carboxylic acids is 2. The minimum absolute atomic E-state index is 0.172. The number of benzene rings is 2. The van der Waals surface area contributed by atoms with Gasteiger partial charge in [-0.05, 0) is 37.1 Å². The fraction of sp³-hybridized carbons (Fsp3) is 0.300. The molecule has 0 bridgehead atoms. The molecule has 5 nitrogen and oxygen atoms in total. The number of aliphatic hydroxyl groups excluding tert-OH is 1. The lowest BCUT2D eigenvalue weighted by Gasteiger charge is -2.23. The van der Waals surface area contributed by atoms with Crippen LogP contribution in [-0.4, -0.2) is 29.0 Å². The van der Waals surface area contributed by atoms with E-state index in [2.05, 4.69) is 10.6 Å². The van der Waals surface area contributed by atoms with Crippen molar-refractivity contribution in [1.29, 1.82) is 0 Å². The predicted octanol–water partition coefficient (Wildman–Crippen LogP) is 2.25. The van der Waals surface area contributed by atoms with Crippen molar-refractivity contribution in [2.45, 2.75) is 38.5 Å². The summed E-state index contributed by atoms with van der Waals surface area (Å²) in [6.45, 7) is 3.14. The number of hydrogen-bond donors (Lipinski definition) is 3. The molecule has 0 radical (unpaired) electrons. The molecule has 144 valence electrons. The van der Waals surface area contributed by atoms with Gasteiger partial charge in [0.25, 0.3) is 0 Å². The van der Waals surface area contributed by atoms with E-state index in [-0.39, 0.29) is 12.0 Å². The highest BCUT2D eigenvalue weighted by molar-refractivity contribution is 5.88. The number of hydrogen-bond acceptors (Lipinski definition) is 3. The number of nitrogens with one attached hydrogen (secondary N) is 2. The Morgan fingerprint density at radius 1 is 1.00 bits per heavy atom. The van der Waals surface area contributed by atoms with Crippen LogP contribution in [0.3, 0.4) is 0 Å². The van der Waals surface area contributed by atoms with E-state index < -0.39 is 41.6 Å². The molecule has 0 saturated heterocycles. The molecule has 0 fully saturated rings. The lowest BCUT2D eigenvalue weighted by molar-refractivity contribution is -0.129. The molecule has 2 amide bonds. The molecule has 0 aliphatic heterocycles. The zero-order valence-corrected chi connectivity index (χ0v) is 15.1. The van der Waals surface area contributed by atoms with E-state index in [4.69, 9.17) is 0 Å². The molecule has 0 unspecified atom stereocenters. The molecule has 27 heavy (non-hydrogen) atoms. The normalized spacial score (nSPS) is 14.1. The van der Waals surface area contributed by atoms with Crippen molar-refractivity contribution < 1.29 is 23.5 Å². The Morgan fingerprint density at radius 2 is 1.59 bits per heavy atom. The largest absolute Gasteiger partial charge is 0.386 e. The van der Waals surface area contributed by atoms with Crippen LogP contribution in [0.1, 0.15) is 31.1 Å². The first-order chi connectivity index (χ1) is 12.8. The van der Waals surface area contributed by atoms with E-state index in [0.29, 0.717) is 5.56 Å². The first kappa shape index (κ1) is 20.5. The van der Waals surface area contributed by atoms with Gasteiger partial charge in [0.05, 0.1) is 18.6 Å². The molecule has 0 aliphatic carbocycles. The summed E-state index contributed by atoms with van der Waals surface area (Å²) >= 11 is 0. The minimum Gasteiger partial charge on any atom is -0.386 e. The van der Waals surface area contributed by atoms with Crippen LogP contribution in [0.4, 0.5) is 8.78 Å². The predicted molar refractivity (Wildman–Crippen MR) is 96.7 cm³/mol. The molecule has 0 aliphatic rings. The highest BCUT2D eigenvalue weighted by Crippen LogP contribution is 2.16. The summed E-state index contributed by atoms with van der Waals surface area (Å²) < 4.78 is 26.3. The Morgan fingerprint density at radius 3 is 2.19 bits per heavy atom. The third-order valence-corrected chi connectivity index (χ3v) is 4.04. The molecule has 7 heteroatoms. The monoisotopic (exact) mass is 376 g/mol. The van der Waals surface area contributed by atoms with E-state index in [1.165, 1.54) is 6.92 Å². The average molecular weight is 376 g/mol. The standard InChI is InChI=1S/C20H22F2N2O3/c1-12(19(26)15-6-4-3-5-7-15)24-20(27)13(2)23-18(25)10-14-8-16(21)11-17(22)9-14/h3-9,11-13,19,26H,10H2,1-2H3,(H,23,25)(H,24,27)/t12-,13+,19-/m1/s1. The molecule has 3 N–H and O–H groups in total. The lowest BCUT2D eigenvalue weighted by Crippen LogP contribution is -2.49. The van der Waals surface area contributed by atoms with Gasteiger partial charge in [0, 0.05) is 6.07 Å². The van der Waals surface area contributed by atoms with Crippen LogP contribution < -0.4 is 10.6 Å². The topological polar surface area (TPSA) is 78.4 Å². The number of carbonyl (C=O) groups is 2. The van der Waals surface area contributed by atoms with Gasteiger partial charge in [0.2, 0.25) is 11.8 Å². The van der Waals surface area contributed by atoms with Crippen molar-refractivity contribution in [3.8, 4) is 0 Å². The van der Waals surface area contributed by atoms with Crippen LogP contribution in [-0.2, 0) is 16.0 Å². The minimum atomic E-state index is -0.895. The number of amides is 2. The van der Waals surface area contributed by atoms with Crippen molar-refractivity contribution >= 4 is 11.8 Å². The first-order valence-electron chi connectivity index (χ1n) is 8.54. The molecule has 2 aromatic carbocycles. The Balaban J connectivity index is 1.88. The fourth-order valence-electron chi connectivity index (χ4n) is 2.62. The Kier molecular flexibility index (Phi) is 7.01. The lowest BCUT2D eigenvalue weighted by atomic mass is 10.0. The van der Waals surface area contributed by atoms with Crippen LogP contribution in [0.2, 0.25) is 0 Å². The van der Waals surface area contributed by atoms with E-state index in [1.54, 1.807) is 31.2 Å². The maximum Gasteiger partial charge on any atom is 0.242 e. The van der Waals surface area contributed by atoms with E-state index in [9.17, 15) is 23.5 Å². The van der Waals surface area contributed by atoms with Crippen molar-refractivity contribution in [3.63, 3.8) is 0 Å². The van der Waals surface area contributed by atoms with Gasteiger partial charge in [-0.15, -0.1) is 0 Å². The van der Waals surface area contributed by atoms with Crippen LogP contribution >= 0.6 is 0 Å². The van der Waals surface area contributed by atoms with Crippen LogP contribution in [0.15, 0.2) is 48.5 Å². The average Bonchev–Trinajstić information content (AvgIpc) is 2.60. The summed E-state index contributed by atoms with van der Waals surface area (Å²) in [4.78, 5) is 24.2. The number of rotatable bonds is 7. The van der Waals surface area contributed by atoms with Gasteiger partial charge < -0.3 is 15.7 Å². The molecule has 2 aromatic rings. The van der Waals surface area contributed by atoms with Crippen molar-refractivity contribution in [2.24, 2.45) is 0 Å². The SMILES string of the molecule is C[C@H](NC(=O)Cc1cc(F)cc(F)c1)C(=O)N[C@H](C)[C@@H](O)c1ccccc1. The van der Waals surface area contributed by atoms with Gasteiger partial charge in [-0.3, -0.25) is 9.59 Å². The van der Waals surface area contributed by atoms with Crippen molar-refractivity contribution in [3.05, 3.63) is 71.3 Å². The molecule has 0 saturated carbocycles. The van der Waals surface area contributed by atoms with Crippen molar-refractivity contribution in [2.75, 3.05) is 0 Å². The van der Waals surface area contributed by atoms with E-state index in [1.807, 2.05) is 6.07 Å². The van der Waals surface area contributed by atoms with E-state index in [0.717, 1.165) is 18.2 Å². The summed E-state index contributed by atoms with van der Waals surface area (Å²) in [5.41, 5.74) is 0.834. The zero-order chi connectivity index (χ0) is 20.0. The first-order valence-corrected chi connectivity index (χ1v) is 8.54. The fourth-order valence-corrected chi connectivity index (χ4v) is 2.62. The van der Waals surface area contributed by atoms with Gasteiger partial charge in [0.15, 0.2) is 0 Å². The highest BCUT2D eigenvalue weighted by Gasteiger charge is 2.22. The van der Waals surface area contributed by atoms with Gasteiger partial charge in [-0.2, -0.15) is 0 Å². The Hall–Kier alpha value is -2.80. The maximum atomic E-state index is 13.2. The van der Waals surface area contributed by atoms with Gasteiger partial charge in [-0.25, -0.2) is 8.78 Å². The molecular formula is C20H22F2N2O3. The summed E-state index contributed by atoms with van der Waals surface area (Å²) in [5.74, 6) is -2.56. The maximum absolute atomic E-state index is 13.2. The smallest absolute Gasteiger partial charge is 0.242 e. The molecule has 0 heterocycles. The van der Waals surface area contributed by atoms with Crippen LogP contribution in [0.25, 0.3) is 0 Å². The van der Waals surface area contributed by atoms with Crippen molar-refractivity contribution in [1.82, 2.24) is 10.6 Å². The molecular weight excluding hydrogens is 354 g/mol. The van der Waals surface area contributed by atoms with Gasteiger partial charge in [0.1, 0.15) is 17.7 Å². The summed E-state index contributed by atoms with van der Waals surface area (Å²) in [6.07, 6.45) is -1.15. The molecule has 2 rings (SSSR count). The zero-order valence-electron chi connectivity index (χ0n) is 15.1. The third-order valence-electron chi connectivity index (χ3n) is 4.04. The second-order valence-corrected chi connectivity index (χ2v) is 6.40. The second-order valence-electron chi connectivity index (χ2n) is 6.40. The molecule has 0 spiro atoms. The van der Waals surface area contributed by atoms with Crippen LogP contribution in [0.5, 0.6) is 0 Å². The Labute approximate surface area is 156 Å². The molecule has 3 atom stereocenters. The van der Waals surface area contributed by atoms with E-state index >= 15 is 0 Å². The van der Waals surface area contributed by atoms with Gasteiger partial charge >= 0.3 is 0 Å². The summed E-state index contributed by atoms with van der Waals surface area (Å²) in [7, 11) is 0. The highest BCUT2D eigenvalue weighted by atomic mass is 19.1.